The van der Waals surface area contributed by atoms with Gasteiger partial charge >= 0.3 is 0 Å². The molecule has 2 aromatic rings. The second-order valence-corrected chi connectivity index (χ2v) is 7.03. The van der Waals surface area contributed by atoms with Gasteiger partial charge in [-0.1, -0.05) is 42.0 Å². The second-order valence-electron chi connectivity index (χ2n) is 7.03. The molecule has 2 aliphatic heterocycles. The van der Waals surface area contributed by atoms with Crippen molar-refractivity contribution in [2.24, 2.45) is 5.92 Å². The smallest absolute Gasteiger partial charge is 0.268 e. The summed E-state index contributed by atoms with van der Waals surface area (Å²) in [5, 5.41) is 3.92. The van der Waals surface area contributed by atoms with E-state index in [0.717, 1.165) is 19.3 Å². The van der Waals surface area contributed by atoms with Gasteiger partial charge in [0.15, 0.2) is 0 Å². The number of hydrogen-bond donors (Lipinski definition) is 0. The Morgan fingerprint density at radius 1 is 1.16 bits per heavy atom. The quantitative estimate of drug-likeness (QED) is 0.792. The number of benzene rings is 2. The molecule has 1 amide bonds. The lowest BCUT2D eigenvalue weighted by Gasteiger charge is -2.37. The molecule has 0 spiro atoms. The lowest BCUT2D eigenvalue weighted by Crippen LogP contribution is -2.47. The highest BCUT2D eigenvalue weighted by Crippen LogP contribution is 2.44. The molecule has 0 aliphatic carbocycles. The van der Waals surface area contributed by atoms with Crippen LogP contribution >= 0.6 is 0 Å². The van der Waals surface area contributed by atoms with Crippen molar-refractivity contribution in [3.05, 3.63) is 70.8 Å². The Labute approximate surface area is 148 Å². The summed E-state index contributed by atoms with van der Waals surface area (Å²) >= 11 is 0. The van der Waals surface area contributed by atoms with Crippen molar-refractivity contribution in [1.82, 2.24) is 10.0 Å². The molecule has 128 valence electrons. The molecule has 2 aliphatic rings. The molecular formula is C21H22N2O2. The summed E-state index contributed by atoms with van der Waals surface area (Å²) in [5.74, 6) is -0.243. The van der Waals surface area contributed by atoms with Gasteiger partial charge in [-0.2, -0.15) is 0 Å². The molecule has 1 fully saturated rings. The van der Waals surface area contributed by atoms with Gasteiger partial charge in [0.25, 0.3) is 5.91 Å². The third-order valence-corrected chi connectivity index (χ3v) is 5.52. The van der Waals surface area contributed by atoms with Crippen LogP contribution < -0.4 is 0 Å². The SMILES string of the molecule is Cc1ccc2c(c1)[C@@H]1[C@@H](C=O)[C@H](C)N(C(=O)c3ccccc3)N1CC2. The van der Waals surface area contributed by atoms with Crippen LogP contribution in [-0.2, 0) is 11.2 Å². The summed E-state index contributed by atoms with van der Waals surface area (Å²) in [7, 11) is 0. The number of rotatable bonds is 2. The Bertz CT molecular complexity index is 818. The van der Waals surface area contributed by atoms with Crippen LogP contribution in [0.15, 0.2) is 48.5 Å². The topological polar surface area (TPSA) is 40.6 Å². The van der Waals surface area contributed by atoms with Crippen LogP contribution in [0.4, 0.5) is 0 Å². The van der Waals surface area contributed by atoms with Gasteiger partial charge in [0.2, 0.25) is 0 Å². The van der Waals surface area contributed by atoms with E-state index >= 15 is 0 Å². The fourth-order valence-electron chi connectivity index (χ4n) is 4.26. The average Bonchev–Trinajstić information content (AvgIpc) is 2.93. The molecule has 2 heterocycles. The number of nitrogens with zero attached hydrogens (tertiary/aromatic N) is 2. The predicted molar refractivity (Wildman–Crippen MR) is 96.0 cm³/mol. The lowest BCUT2D eigenvalue weighted by molar-refractivity contribution is -0.112. The van der Waals surface area contributed by atoms with Crippen molar-refractivity contribution in [3.8, 4) is 0 Å². The van der Waals surface area contributed by atoms with Gasteiger partial charge in [-0.15, -0.1) is 0 Å². The van der Waals surface area contributed by atoms with E-state index in [0.29, 0.717) is 5.56 Å². The van der Waals surface area contributed by atoms with Crippen molar-refractivity contribution >= 4 is 12.2 Å². The first-order valence-electron chi connectivity index (χ1n) is 8.81. The molecule has 0 saturated carbocycles. The summed E-state index contributed by atoms with van der Waals surface area (Å²) in [4.78, 5) is 25.0. The molecular weight excluding hydrogens is 312 g/mol. The molecule has 25 heavy (non-hydrogen) atoms. The first kappa shape index (κ1) is 16.0. The molecule has 3 atom stereocenters. The van der Waals surface area contributed by atoms with Gasteiger partial charge in [-0.3, -0.25) is 9.80 Å². The van der Waals surface area contributed by atoms with Gasteiger partial charge in [0, 0.05) is 12.1 Å². The van der Waals surface area contributed by atoms with Gasteiger partial charge in [0.1, 0.15) is 6.29 Å². The third kappa shape index (κ3) is 2.48. The number of hydrazine groups is 1. The number of carbonyl (C=O) groups is 2. The van der Waals surface area contributed by atoms with Crippen molar-refractivity contribution in [3.63, 3.8) is 0 Å². The van der Waals surface area contributed by atoms with E-state index in [1.165, 1.54) is 16.7 Å². The molecule has 0 unspecified atom stereocenters. The molecule has 4 nitrogen and oxygen atoms in total. The van der Waals surface area contributed by atoms with Crippen molar-refractivity contribution in [2.45, 2.75) is 32.4 Å². The van der Waals surface area contributed by atoms with Gasteiger partial charge < -0.3 is 4.79 Å². The van der Waals surface area contributed by atoms with E-state index in [4.69, 9.17) is 0 Å². The number of amides is 1. The molecule has 4 heteroatoms. The normalized spacial score (nSPS) is 25.4. The van der Waals surface area contributed by atoms with Gasteiger partial charge in [-0.05, 0) is 43.5 Å². The van der Waals surface area contributed by atoms with E-state index in [9.17, 15) is 9.59 Å². The van der Waals surface area contributed by atoms with Gasteiger partial charge in [-0.25, -0.2) is 5.01 Å². The van der Waals surface area contributed by atoms with E-state index in [1.807, 2.05) is 42.3 Å². The molecule has 4 rings (SSSR count). The first-order chi connectivity index (χ1) is 12.1. The molecule has 2 aromatic carbocycles. The fourth-order valence-corrected chi connectivity index (χ4v) is 4.26. The summed E-state index contributed by atoms with van der Waals surface area (Å²) in [6, 6.07) is 15.6. The Hall–Kier alpha value is -2.46. The number of carbonyl (C=O) groups excluding carboxylic acids is 2. The predicted octanol–water partition coefficient (Wildman–Crippen LogP) is 3.17. The molecule has 0 aromatic heterocycles. The average molecular weight is 334 g/mol. The fraction of sp³-hybridized carbons (Fsp3) is 0.333. The summed E-state index contributed by atoms with van der Waals surface area (Å²) in [6.45, 7) is 4.81. The first-order valence-corrected chi connectivity index (χ1v) is 8.81. The number of hydrogen-bond acceptors (Lipinski definition) is 3. The lowest BCUT2D eigenvalue weighted by atomic mass is 9.84. The summed E-state index contributed by atoms with van der Waals surface area (Å²) in [5.41, 5.74) is 4.33. The Kier molecular flexibility index (Phi) is 3.92. The number of aryl methyl sites for hydroxylation is 1. The maximum Gasteiger partial charge on any atom is 0.268 e. The molecule has 1 saturated heterocycles. The van der Waals surface area contributed by atoms with Gasteiger partial charge in [0.05, 0.1) is 18.0 Å². The highest BCUT2D eigenvalue weighted by molar-refractivity contribution is 5.94. The van der Waals surface area contributed by atoms with Crippen LogP contribution in [0.25, 0.3) is 0 Å². The minimum absolute atomic E-state index is 0.0291. The third-order valence-electron chi connectivity index (χ3n) is 5.52. The van der Waals surface area contributed by atoms with Crippen molar-refractivity contribution < 1.29 is 9.59 Å². The van der Waals surface area contributed by atoms with E-state index in [-0.39, 0.29) is 23.9 Å². The monoisotopic (exact) mass is 334 g/mol. The van der Waals surface area contributed by atoms with Crippen LogP contribution in [0.1, 0.15) is 40.0 Å². The van der Waals surface area contributed by atoms with Crippen molar-refractivity contribution in [1.29, 1.82) is 0 Å². The zero-order valence-corrected chi connectivity index (χ0v) is 14.6. The Morgan fingerprint density at radius 3 is 2.64 bits per heavy atom. The molecule has 0 bridgehead atoms. The minimum Gasteiger partial charge on any atom is -0.303 e. The van der Waals surface area contributed by atoms with Crippen LogP contribution in [0.5, 0.6) is 0 Å². The molecule has 0 radical (unpaired) electrons. The molecule has 0 N–H and O–H groups in total. The van der Waals surface area contributed by atoms with Crippen LogP contribution in [0, 0.1) is 12.8 Å². The Morgan fingerprint density at radius 2 is 1.92 bits per heavy atom. The maximum absolute atomic E-state index is 13.1. The van der Waals surface area contributed by atoms with Crippen LogP contribution in [-0.4, -0.2) is 34.8 Å². The van der Waals surface area contributed by atoms with Crippen LogP contribution in [0.2, 0.25) is 0 Å². The highest BCUT2D eigenvalue weighted by atomic mass is 16.2. The zero-order chi connectivity index (χ0) is 17.6. The number of fused-ring (bicyclic) bond motifs is 3. The Balaban J connectivity index is 1.77. The minimum atomic E-state index is -0.214. The number of aldehydes is 1. The highest BCUT2D eigenvalue weighted by Gasteiger charge is 2.50. The standard InChI is InChI=1S/C21H22N2O2/c1-14-8-9-16-10-11-22-20(18(16)12-14)19(13-24)15(2)23(22)21(25)17-6-4-3-5-7-17/h3-9,12-13,15,19-20H,10-11H2,1-2H3/t15-,19-,20+/m0/s1. The zero-order valence-electron chi connectivity index (χ0n) is 14.6. The summed E-state index contributed by atoms with van der Waals surface area (Å²) in [6.07, 6.45) is 1.92. The van der Waals surface area contributed by atoms with E-state index < -0.39 is 0 Å². The maximum atomic E-state index is 13.1. The van der Waals surface area contributed by atoms with Crippen molar-refractivity contribution in [2.75, 3.05) is 6.54 Å². The van der Waals surface area contributed by atoms with Crippen LogP contribution in [0.3, 0.4) is 0 Å². The van der Waals surface area contributed by atoms with E-state index in [1.54, 1.807) is 0 Å². The largest absolute Gasteiger partial charge is 0.303 e. The van der Waals surface area contributed by atoms with E-state index in [2.05, 4.69) is 30.1 Å². The second kappa shape index (κ2) is 6.12. The summed E-state index contributed by atoms with van der Waals surface area (Å²) < 4.78 is 0.